The van der Waals surface area contributed by atoms with Gasteiger partial charge in [0.2, 0.25) is 0 Å². The van der Waals surface area contributed by atoms with E-state index in [9.17, 15) is 10.2 Å². The highest BCUT2D eigenvalue weighted by molar-refractivity contribution is 5.86. The number of aromatic hydroxyl groups is 2. The number of aromatic nitrogens is 2. The van der Waals surface area contributed by atoms with Crippen LogP contribution < -0.4 is 11.2 Å². The molecule has 6 nitrogen and oxygen atoms in total. The van der Waals surface area contributed by atoms with Gasteiger partial charge in [0.25, 0.3) is 0 Å². The van der Waals surface area contributed by atoms with Crippen molar-refractivity contribution in [1.29, 1.82) is 0 Å². The SMILES string of the molecule is NCCc1cn(NCCc2c[nH]c3ccc(O)cc23)c2ccc(O)cc12. The Kier molecular flexibility index (Phi) is 4.18. The maximum Gasteiger partial charge on any atom is 0.116 e. The van der Waals surface area contributed by atoms with Crippen LogP contribution in [0.1, 0.15) is 11.1 Å². The number of hydrogen-bond acceptors (Lipinski definition) is 4. The lowest BCUT2D eigenvalue weighted by Gasteiger charge is -2.09. The van der Waals surface area contributed by atoms with Crippen LogP contribution in [0.3, 0.4) is 0 Å². The van der Waals surface area contributed by atoms with E-state index in [1.54, 1.807) is 24.3 Å². The summed E-state index contributed by atoms with van der Waals surface area (Å²) in [6.07, 6.45) is 5.60. The van der Waals surface area contributed by atoms with Crippen molar-refractivity contribution in [2.45, 2.75) is 12.8 Å². The molecule has 134 valence electrons. The predicted octanol–water partition coefficient (Wildman–Crippen LogP) is 2.82. The van der Waals surface area contributed by atoms with E-state index in [4.69, 9.17) is 5.73 Å². The number of H-pyrrole nitrogens is 1. The smallest absolute Gasteiger partial charge is 0.116 e. The number of phenolic OH excluding ortho intramolecular Hbond substituents is 2. The van der Waals surface area contributed by atoms with E-state index in [1.165, 1.54) is 0 Å². The molecule has 26 heavy (non-hydrogen) atoms. The van der Waals surface area contributed by atoms with E-state index < -0.39 is 0 Å². The van der Waals surface area contributed by atoms with E-state index in [2.05, 4.69) is 10.4 Å². The molecule has 6 N–H and O–H groups in total. The molecule has 0 unspecified atom stereocenters. The lowest BCUT2D eigenvalue weighted by Crippen LogP contribution is -2.16. The number of hydrogen-bond donors (Lipinski definition) is 5. The minimum atomic E-state index is 0.257. The topological polar surface area (TPSA) is 99.2 Å². The van der Waals surface area contributed by atoms with E-state index >= 15 is 0 Å². The molecule has 2 aromatic heterocycles. The highest BCUT2D eigenvalue weighted by Gasteiger charge is 2.09. The zero-order chi connectivity index (χ0) is 18.1. The standard InChI is InChI=1S/C20H22N4O2/c21-7-5-14-12-24(20-4-2-16(26)10-18(14)20)23-8-6-13-11-22-19-3-1-15(25)9-17(13)19/h1-4,9-12,22-23,25-26H,5-8,21H2. The van der Waals surface area contributed by atoms with Crippen molar-refractivity contribution in [3.63, 3.8) is 0 Å². The molecule has 0 radical (unpaired) electrons. The summed E-state index contributed by atoms with van der Waals surface area (Å²) < 4.78 is 1.99. The maximum absolute atomic E-state index is 9.77. The Morgan fingerprint density at radius 1 is 0.962 bits per heavy atom. The Bertz CT molecular complexity index is 1060. The Morgan fingerprint density at radius 3 is 2.54 bits per heavy atom. The minimum absolute atomic E-state index is 0.257. The van der Waals surface area contributed by atoms with Crippen molar-refractivity contribution in [3.8, 4) is 11.5 Å². The average molecular weight is 350 g/mol. The van der Waals surface area contributed by atoms with Gasteiger partial charge in [0.15, 0.2) is 0 Å². The second-order valence-electron chi connectivity index (χ2n) is 6.47. The Morgan fingerprint density at radius 2 is 1.73 bits per heavy atom. The van der Waals surface area contributed by atoms with Crippen molar-refractivity contribution in [2.75, 3.05) is 18.5 Å². The molecule has 0 bridgehead atoms. The first-order valence-corrected chi connectivity index (χ1v) is 8.71. The highest BCUT2D eigenvalue weighted by Crippen LogP contribution is 2.26. The third kappa shape index (κ3) is 2.95. The highest BCUT2D eigenvalue weighted by atomic mass is 16.3. The van der Waals surface area contributed by atoms with Gasteiger partial charge in [-0.1, -0.05) is 0 Å². The summed E-state index contributed by atoms with van der Waals surface area (Å²) in [6.45, 7) is 1.29. The van der Waals surface area contributed by atoms with Gasteiger partial charge >= 0.3 is 0 Å². The van der Waals surface area contributed by atoms with Crippen LogP contribution in [0.15, 0.2) is 48.8 Å². The summed E-state index contributed by atoms with van der Waals surface area (Å²) in [5, 5.41) is 21.5. The fourth-order valence-corrected chi connectivity index (χ4v) is 3.46. The summed E-state index contributed by atoms with van der Waals surface area (Å²) >= 11 is 0. The molecular formula is C20H22N4O2. The van der Waals surface area contributed by atoms with E-state index in [1.807, 2.05) is 29.2 Å². The Hall–Kier alpha value is -3.12. The fourth-order valence-electron chi connectivity index (χ4n) is 3.46. The van der Waals surface area contributed by atoms with Gasteiger partial charge in [-0.2, -0.15) is 0 Å². The third-order valence-electron chi connectivity index (χ3n) is 4.71. The molecule has 4 rings (SSSR count). The summed E-state index contributed by atoms with van der Waals surface area (Å²) in [6, 6.07) is 10.7. The fraction of sp³-hybridized carbons (Fsp3) is 0.200. The van der Waals surface area contributed by atoms with Crippen LogP contribution in [0.5, 0.6) is 11.5 Å². The first kappa shape index (κ1) is 16.4. The van der Waals surface area contributed by atoms with Crippen LogP contribution in [0, 0.1) is 0 Å². The quantitative estimate of drug-likeness (QED) is 0.369. The molecule has 0 spiro atoms. The molecule has 0 saturated heterocycles. The molecule has 0 amide bonds. The summed E-state index contributed by atoms with van der Waals surface area (Å²) in [5.74, 6) is 0.529. The van der Waals surface area contributed by atoms with Gasteiger partial charge in [-0.15, -0.1) is 0 Å². The predicted molar refractivity (Wildman–Crippen MR) is 104 cm³/mol. The second kappa shape index (κ2) is 6.65. The molecule has 6 heteroatoms. The van der Waals surface area contributed by atoms with Crippen molar-refractivity contribution in [3.05, 3.63) is 59.9 Å². The van der Waals surface area contributed by atoms with Gasteiger partial charge < -0.3 is 26.4 Å². The number of benzene rings is 2. The molecule has 0 aliphatic rings. The number of nitrogens with one attached hydrogen (secondary N) is 2. The van der Waals surface area contributed by atoms with Crippen molar-refractivity contribution in [2.24, 2.45) is 5.73 Å². The molecule has 0 aliphatic heterocycles. The van der Waals surface area contributed by atoms with Crippen LogP contribution in [-0.2, 0) is 12.8 Å². The summed E-state index contributed by atoms with van der Waals surface area (Å²) in [5.41, 5.74) is 13.4. The van der Waals surface area contributed by atoms with Crippen LogP contribution in [0.4, 0.5) is 0 Å². The van der Waals surface area contributed by atoms with Crippen molar-refractivity contribution in [1.82, 2.24) is 9.66 Å². The number of rotatable bonds is 6. The first-order valence-electron chi connectivity index (χ1n) is 8.71. The van der Waals surface area contributed by atoms with Gasteiger partial charge in [-0.25, -0.2) is 0 Å². The summed E-state index contributed by atoms with van der Waals surface area (Å²) in [7, 11) is 0. The number of phenols is 2. The lowest BCUT2D eigenvalue weighted by molar-refractivity contribution is 0.475. The lowest BCUT2D eigenvalue weighted by atomic mass is 10.1. The van der Waals surface area contributed by atoms with E-state index in [0.717, 1.165) is 52.3 Å². The first-order chi connectivity index (χ1) is 12.7. The van der Waals surface area contributed by atoms with Crippen LogP contribution in [0.25, 0.3) is 21.8 Å². The van der Waals surface area contributed by atoms with Gasteiger partial charge in [0.1, 0.15) is 11.5 Å². The monoisotopic (exact) mass is 350 g/mol. The van der Waals surface area contributed by atoms with Crippen LogP contribution >= 0.6 is 0 Å². The van der Waals surface area contributed by atoms with Gasteiger partial charge in [0.05, 0.1) is 5.52 Å². The van der Waals surface area contributed by atoms with Gasteiger partial charge in [0, 0.05) is 35.2 Å². The molecule has 4 aromatic rings. The van der Waals surface area contributed by atoms with Crippen LogP contribution in [0.2, 0.25) is 0 Å². The largest absolute Gasteiger partial charge is 0.508 e. The zero-order valence-corrected chi connectivity index (χ0v) is 14.4. The molecule has 2 aromatic carbocycles. The minimum Gasteiger partial charge on any atom is -0.508 e. The normalized spacial score (nSPS) is 11.4. The number of nitrogens with two attached hydrogens (primary N) is 1. The number of fused-ring (bicyclic) bond motifs is 2. The Labute approximate surface area is 150 Å². The van der Waals surface area contributed by atoms with Crippen molar-refractivity contribution >= 4 is 21.8 Å². The molecule has 0 fully saturated rings. The zero-order valence-electron chi connectivity index (χ0n) is 14.4. The molecular weight excluding hydrogens is 328 g/mol. The molecule has 2 heterocycles. The van der Waals surface area contributed by atoms with E-state index in [0.29, 0.717) is 6.54 Å². The number of aromatic amines is 1. The number of nitrogens with zero attached hydrogens (tertiary/aromatic N) is 1. The molecule has 0 aliphatic carbocycles. The third-order valence-corrected chi connectivity index (χ3v) is 4.71. The second-order valence-corrected chi connectivity index (χ2v) is 6.47. The van der Waals surface area contributed by atoms with Crippen molar-refractivity contribution < 1.29 is 10.2 Å². The van der Waals surface area contributed by atoms with Gasteiger partial charge in [-0.3, -0.25) is 4.68 Å². The maximum atomic E-state index is 9.77. The summed E-state index contributed by atoms with van der Waals surface area (Å²) in [4.78, 5) is 3.23. The average Bonchev–Trinajstić information content (AvgIpc) is 3.17. The molecule has 0 atom stereocenters. The van der Waals surface area contributed by atoms with Crippen LogP contribution in [-0.4, -0.2) is 33.0 Å². The Balaban J connectivity index is 1.55. The van der Waals surface area contributed by atoms with E-state index in [-0.39, 0.29) is 11.5 Å². The van der Waals surface area contributed by atoms with Gasteiger partial charge in [-0.05, 0) is 66.9 Å². The molecule has 0 saturated carbocycles.